The second-order valence-electron chi connectivity index (χ2n) is 3.49. The molecule has 13 heavy (non-hydrogen) atoms. The van der Waals surface area contributed by atoms with E-state index in [4.69, 9.17) is 11.5 Å². The summed E-state index contributed by atoms with van der Waals surface area (Å²) in [7, 11) is 0. The van der Waals surface area contributed by atoms with E-state index in [2.05, 4.69) is 17.6 Å². The molecule has 0 aromatic carbocycles. The van der Waals surface area contributed by atoms with Crippen LogP contribution in [0, 0.1) is 0 Å². The molecule has 0 heterocycles. The van der Waals surface area contributed by atoms with E-state index in [9.17, 15) is 0 Å². The number of hydrogen-bond acceptors (Lipinski definition) is 4. The third-order valence-electron chi connectivity index (χ3n) is 2.11. The molecular weight excluding hydrogens is 164 g/mol. The predicted molar refractivity (Wildman–Crippen MR) is 57.7 cm³/mol. The van der Waals surface area contributed by atoms with Gasteiger partial charge in [0.2, 0.25) is 0 Å². The molecule has 0 aliphatic carbocycles. The summed E-state index contributed by atoms with van der Waals surface area (Å²) in [4.78, 5) is 0. The highest BCUT2D eigenvalue weighted by molar-refractivity contribution is 4.69. The summed E-state index contributed by atoms with van der Waals surface area (Å²) in [6.07, 6.45) is 1.12. The van der Waals surface area contributed by atoms with E-state index in [0.29, 0.717) is 12.6 Å². The molecule has 0 aromatic heterocycles. The summed E-state index contributed by atoms with van der Waals surface area (Å²) in [5.41, 5.74) is 11.0. The highest BCUT2D eigenvalue weighted by Crippen LogP contribution is 1.86. The second kappa shape index (κ2) is 8.44. The molecule has 4 nitrogen and oxygen atoms in total. The molecule has 0 bridgehead atoms. The van der Waals surface area contributed by atoms with Gasteiger partial charge < -0.3 is 22.1 Å². The van der Waals surface area contributed by atoms with Crippen molar-refractivity contribution in [2.45, 2.75) is 32.4 Å². The van der Waals surface area contributed by atoms with Crippen LogP contribution < -0.4 is 22.1 Å². The smallest absolute Gasteiger partial charge is 0.0188 e. The van der Waals surface area contributed by atoms with Crippen molar-refractivity contribution in [1.29, 1.82) is 0 Å². The Bertz CT molecular complexity index is 106. The molecule has 0 aromatic rings. The van der Waals surface area contributed by atoms with Crippen LogP contribution in [0.2, 0.25) is 0 Å². The molecule has 2 atom stereocenters. The average molecular weight is 188 g/mol. The molecule has 0 rings (SSSR count). The zero-order valence-corrected chi connectivity index (χ0v) is 8.84. The summed E-state index contributed by atoms with van der Waals surface area (Å²) in [6.45, 7) is 7.78. The fourth-order valence-electron chi connectivity index (χ4n) is 0.956. The zero-order valence-electron chi connectivity index (χ0n) is 8.84. The molecule has 80 valence electrons. The van der Waals surface area contributed by atoms with Gasteiger partial charge in [-0.3, -0.25) is 0 Å². The van der Waals surface area contributed by atoms with Crippen molar-refractivity contribution in [3.05, 3.63) is 0 Å². The van der Waals surface area contributed by atoms with Crippen molar-refractivity contribution in [3.8, 4) is 0 Å². The zero-order chi connectivity index (χ0) is 10.1. The summed E-state index contributed by atoms with van der Waals surface area (Å²) in [6, 6.07) is 0.617. The first-order chi connectivity index (χ1) is 6.18. The maximum absolute atomic E-state index is 5.70. The molecule has 0 spiro atoms. The number of nitrogens with one attached hydrogen (secondary N) is 2. The number of hydrogen-bond donors (Lipinski definition) is 4. The Morgan fingerprint density at radius 3 is 2.38 bits per heavy atom. The Labute approximate surface area is 81.4 Å². The van der Waals surface area contributed by atoms with E-state index in [1.165, 1.54) is 0 Å². The quantitative estimate of drug-likeness (QED) is 0.378. The van der Waals surface area contributed by atoms with Crippen LogP contribution in [-0.4, -0.2) is 38.3 Å². The van der Waals surface area contributed by atoms with Gasteiger partial charge in [-0.15, -0.1) is 0 Å². The van der Waals surface area contributed by atoms with Gasteiger partial charge >= 0.3 is 0 Å². The van der Waals surface area contributed by atoms with Crippen molar-refractivity contribution in [2.24, 2.45) is 11.5 Å². The Morgan fingerprint density at radius 2 is 1.85 bits per heavy atom. The van der Waals surface area contributed by atoms with E-state index in [1.54, 1.807) is 0 Å². The standard InChI is InChI=1S/C9H24N4/c1-8(11)9(2)13-6-3-5-12-7-4-10/h8-9,12-13H,3-7,10-11H2,1-2H3. The monoisotopic (exact) mass is 188 g/mol. The van der Waals surface area contributed by atoms with Gasteiger partial charge in [0, 0.05) is 25.2 Å². The molecule has 0 saturated carbocycles. The molecular formula is C9H24N4. The molecule has 2 unspecified atom stereocenters. The Hall–Kier alpha value is -0.160. The van der Waals surface area contributed by atoms with Crippen LogP contribution >= 0.6 is 0 Å². The number of nitrogens with two attached hydrogens (primary N) is 2. The first-order valence-corrected chi connectivity index (χ1v) is 5.08. The van der Waals surface area contributed by atoms with Crippen molar-refractivity contribution in [2.75, 3.05) is 26.2 Å². The van der Waals surface area contributed by atoms with Gasteiger partial charge in [-0.2, -0.15) is 0 Å². The molecule has 0 aliphatic heterocycles. The minimum Gasteiger partial charge on any atom is -0.329 e. The second-order valence-corrected chi connectivity index (χ2v) is 3.49. The molecule has 0 radical (unpaired) electrons. The third-order valence-corrected chi connectivity index (χ3v) is 2.11. The van der Waals surface area contributed by atoms with Gasteiger partial charge in [0.05, 0.1) is 0 Å². The lowest BCUT2D eigenvalue weighted by molar-refractivity contribution is 0.468. The SMILES string of the molecule is CC(N)C(C)NCCCNCCN. The van der Waals surface area contributed by atoms with Gasteiger partial charge in [0.15, 0.2) is 0 Å². The minimum atomic E-state index is 0.219. The van der Waals surface area contributed by atoms with Gasteiger partial charge in [0.25, 0.3) is 0 Å². The van der Waals surface area contributed by atoms with E-state index >= 15 is 0 Å². The van der Waals surface area contributed by atoms with Crippen LogP contribution in [0.4, 0.5) is 0 Å². The maximum Gasteiger partial charge on any atom is 0.0188 e. The van der Waals surface area contributed by atoms with E-state index in [-0.39, 0.29) is 6.04 Å². The summed E-state index contributed by atoms with van der Waals surface area (Å²) >= 11 is 0. The van der Waals surface area contributed by atoms with E-state index < -0.39 is 0 Å². The predicted octanol–water partition coefficient (Wildman–Crippen LogP) is -0.750. The van der Waals surface area contributed by atoms with Crippen LogP contribution in [0.1, 0.15) is 20.3 Å². The fourth-order valence-corrected chi connectivity index (χ4v) is 0.956. The summed E-state index contributed by atoms with van der Waals surface area (Å²) in [5.74, 6) is 0. The summed E-state index contributed by atoms with van der Waals surface area (Å²) < 4.78 is 0. The molecule has 4 heteroatoms. The van der Waals surface area contributed by atoms with Gasteiger partial charge in [-0.1, -0.05) is 0 Å². The Kier molecular flexibility index (Phi) is 8.33. The fraction of sp³-hybridized carbons (Fsp3) is 1.00. The Balaban J connectivity index is 3.07. The van der Waals surface area contributed by atoms with Gasteiger partial charge in [-0.25, -0.2) is 0 Å². The van der Waals surface area contributed by atoms with Crippen molar-refractivity contribution in [3.63, 3.8) is 0 Å². The minimum absolute atomic E-state index is 0.219. The lowest BCUT2D eigenvalue weighted by atomic mass is 10.2. The van der Waals surface area contributed by atoms with Gasteiger partial charge in [-0.05, 0) is 33.4 Å². The maximum atomic E-state index is 5.70. The normalized spacial score (nSPS) is 15.7. The first kappa shape index (κ1) is 12.8. The van der Waals surface area contributed by atoms with Gasteiger partial charge in [0.1, 0.15) is 0 Å². The van der Waals surface area contributed by atoms with Crippen molar-refractivity contribution in [1.82, 2.24) is 10.6 Å². The van der Waals surface area contributed by atoms with Crippen LogP contribution in [0.5, 0.6) is 0 Å². The topological polar surface area (TPSA) is 76.1 Å². The Morgan fingerprint density at radius 1 is 1.15 bits per heavy atom. The highest BCUT2D eigenvalue weighted by Gasteiger charge is 2.04. The van der Waals surface area contributed by atoms with E-state index in [0.717, 1.165) is 26.1 Å². The lowest BCUT2D eigenvalue weighted by Crippen LogP contribution is -2.41. The van der Waals surface area contributed by atoms with E-state index in [1.807, 2.05) is 6.92 Å². The third kappa shape index (κ3) is 8.18. The average Bonchev–Trinajstić information content (AvgIpc) is 2.10. The van der Waals surface area contributed by atoms with Crippen LogP contribution in [-0.2, 0) is 0 Å². The van der Waals surface area contributed by atoms with Crippen molar-refractivity contribution < 1.29 is 0 Å². The molecule has 6 N–H and O–H groups in total. The molecule has 0 aliphatic rings. The lowest BCUT2D eigenvalue weighted by Gasteiger charge is -2.17. The van der Waals surface area contributed by atoms with Crippen LogP contribution in [0.3, 0.4) is 0 Å². The van der Waals surface area contributed by atoms with Crippen molar-refractivity contribution >= 4 is 0 Å². The molecule has 0 saturated heterocycles. The molecule has 0 fully saturated rings. The largest absolute Gasteiger partial charge is 0.329 e. The highest BCUT2D eigenvalue weighted by atomic mass is 14.9. The number of rotatable bonds is 8. The van der Waals surface area contributed by atoms with Crippen LogP contribution in [0.15, 0.2) is 0 Å². The van der Waals surface area contributed by atoms with Crippen LogP contribution in [0.25, 0.3) is 0 Å². The first-order valence-electron chi connectivity index (χ1n) is 5.08. The summed E-state index contributed by atoms with van der Waals surface area (Å²) in [5, 5.41) is 6.60. The molecule has 0 amide bonds.